The number of halogens is 1. The summed E-state index contributed by atoms with van der Waals surface area (Å²) in [6.45, 7) is 2.74. The summed E-state index contributed by atoms with van der Waals surface area (Å²) >= 11 is 3.54. The zero-order valence-electron chi connectivity index (χ0n) is 11.1. The monoisotopic (exact) mass is 327 g/mol. The van der Waals surface area contributed by atoms with Crippen LogP contribution in [0, 0.1) is 6.92 Å². The zero-order chi connectivity index (χ0) is 13.9. The molecule has 0 spiro atoms. The van der Waals surface area contributed by atoms with Crippen molar-refractivity contribution in [2.24, 2.45) is 0 Å². The number of para-hydroxylation sites is 1. The van der Waals surface area contributed by atoms with Crippen LogP contribution in [0.5, 0.6) is 0 Å². The quantitative estimate of drug-likeness (QED) is 0.778. The Morgan fingerprint density at radius 1 is 1.10 bits per heavy atom. The fraction of sp³-hybridized carbons (Fsp3) is 0.125. The van der Waals surface area contributed by atoms with E-state index in [4.69, 9.17) is 0 Å². The van der Waals surface area contributed by atoms with E-state index in [2.05, 4.69) is 56.3 Å². The highest BCUT2D eigenvalue weighted by Gasteiger charge is 2.03. The maximum atomic E-state index is 4.63. The second-order valence-electron chi connectivity index (χ2n) is 4.63. The van der Waals surface area contributed by atoms with E-state index in [0.29, 0.717) is 6.54 Å². The molecule has 0 bridgehead atoms. The van der Waals surface area contributed by atoms with Crippen LogP contribution in [0.1, 0.15) is 11.3 Å². The van der Waals surface area contributed by atoms with E-state index in [0.717, 1.165) is 26.9 Å². The van der Waals surface area contributed by atoms with Gasteiger partial charge in [0.1, 0.15) is 5.82 Å². The molecule has 1 aromatic carbocycles. The first kappa shape index (κ1) is 13.1. The molecular formula is C16H14BrN3. The Balaban J connectivity index is 1.85. The lowest BCUT2D eigenvalue weighted by molar-refractivity contribution is 1.01. The largest absolute Gasteiger partial charge is 0.364 e. The van der Waals surface area contributed by atoms with Crippen molar-refractivity contribution < 1.29 is 0 Å². The Morgan fingerprint density at radius 2 is 2.00 bits per heavy atom. The van der Waals surface area contributed by atoms with Crippen molar-refractivity contribution in [1.29, 1.82) is 0 Å². The van der Waals surface area contributed by atoms with E-state index in [1.165, 1.54) is 5.56 Å². The zero-order valence-corrected chi connectivity index (χ0v) is 12.7. The minimum atomic E-state index is 0.676. The normalized spacial score (nSPS) is 10.7. The second-order valence-corrected chi connectivity index (χ2v) is 5.48. The number of aromatic nitrogens is 2. The van der Waals surface area contributed by atoms with E-state index in [-0.39, 0.29) is 0 Å². The van der Waals surface area contributed by atoms with Crippen LogP contribution in [-0.2, 0) is 6.54 Å². The summed E-state index contributed by atoms with van der Waals surface area (Å²) in [4.78, 5) is 9.01. The molecule has 2 aromatic heterocycles. The van der Waals surface area contributed by atoms with Gasteiger partial charge in [-0.05, 0) is 52.7 Å². The minimum absolute atomic E-state index is 0.676. The number of rotatable bonds is 3. The van der Waals surface area contributed by atoms with Gasteiger partial charge in [0, 0.05) is 16.1 Å². The number of anilines is 1. The summed E-state index contributed by atoms with van der Waals surface area (Å²) in [5.41, 5.74) is 3.19. The molecule has 0 aliphatic rings. The summed E-state index contributed by atoms with van der Waals surface area (Å²) in [5.74, 6) is 0.856. The van der Waals surface area contributed by atoms with Crippen molar-refractivity contribution in [3.8, 4) is 0 Å². The molecule has 3 aromatic rings. The third-order valence-electron chi connectivity index (χ3n) is 3.23. The van der Waals surface area contributed by atoms with Crippen LogP contribution >= 0.6 is 15.9 Å². The first-order valence-corrected chi connectivity index (χ1v) is 7.23. The van der Waals surface area contributed by atoms with Gasteiger partial charge in [0.15, 0.2) is 0 Å². The molecule has 0 aliphatic carbocycles. The van der Waals surface area contributed by atoms with Crippen molar-refractivity contribution in [3.63, 3.8) is 0 Å². The summed E-state index contributed by atoms with van der Waals surface area (Å²) < 4.78 is 1.01. The average molecular weight is 328 g/mol. The van der Waals surface area contributed by atoms with Crippen LogP contribution in [0.25, 0.3) is 10.9 Å². The molecule has 0 atom stereocenters. The smallest absolute Gasteiger partial charge is 0.127 e. The van der Waals surface area contributed by atoms with E-state index < -0.39 is 0 Å². The number of hydrogen-bond donors (Lipinski definition) is 1. The lowest BCUT2D eigenvalue weighted by atomic mass is 10.2. The highest BCUT2D eigenvalue weighted by molar-refractivity contribution is 9.10. The third-order valence-corrected chi connectivity index (χ3v) is 3.87. The topological polar surface area (TPSA) is 37.8 Å². The fourth-order valence-electron chi connectivity index (χ4n) is 2.09. The predicted octanol–water partition coefficient (Wildman–Crippen LogP) is 4.31. The van der Waals surface area contributed by atoms with Crippen molar-refractivity contribution in [2.45, 2.75) is 13.5 Å². The van der Waals surface area contributed by atoms with Gasteiger partial charge < -0.3 is 5.32 Å². The summed E-state index contributed by atoms with van der Waals surface area (Å²) in [6.07, 6.45) is 1.81. The molecule has 20 heavy (non-hydrogen) atoms. The van der Waals surface area contributed by atoms with Crippen molar-refractivity contribution >= 4 is 32.7 Å². The number of pyridine rings is 2. The number of nitrogens with zero attached hydrogens (tertiary/aromatic N) is 2. The van der Waals surface area contributed by atoms with Crippen LogP contribution < -0.4 is 5.32 Å². The molecule has 0 unspecified atom stereocenters. The maximum absolute atomic E-state index is 4.63. The summed E-state index contributed by atoms with van der Waals surface area (Å²) in [6, 6.07) is 14.1. The molecule has 0 saturated carbocycles. The molecule has 3 nitrogen and oxygen atoms in total. The molecule has 100 valence electrons. The molecular weight excluding hydrogens is 314 g/mol. The molecule has 3 rings (SSSR count). The van der Waals surface area contributed by atoms with Crippen LogP contribution in [0.2, 0.25) is 0 Å². The maximum Gasteiger partial charge on any atom is 0.127 e. The molecule has 0 fully saturated rings. The summed E-state index contributed by atoms with van der Waals surface area (Å²) in [5, 5.41) is 4.45. The predicted molar refractivity (Wildman–Crippen MR) is 85.7 cm³/mol. The number of hydrogen-bond acceptors (Lipinski definition) is 3. The highest BCUT2D eigenvalue weighted by atomic mass is 79.9. The van der Waals surface area contributed by atoms with E-state index >= 15 is 0 Å². The average Bonchev–Trinajstić information content (AvgIpc) is 2.47. The van der Waals surface area contributed by atoms with Crippen LogP contribution in [0.4, 0.5) is 5.82 Å². The van der Waals surface area contributed by atoms with Gasteiger partial charge in [0.2, 0.25) is 0 Å². The standard InChI is InChI=1S/C16H14BrN3/c1-11-4-3-9-18-14(11)10-19-15-8-7-12-5-2-6-13(17)16(12)20-15/h2-9H,10H2,1H3,(H,19,20). The van der Waals surface area contributed by atoms with E-state index in [9.17, 15) is 0 Å². The van der Waals surface area contributed by atoms with Gasteiger partial charge in [-0.15, -0.1) is 0 Å². The first-order chi connectivity index (χ1) is 9.74. The molecule has 2 heterocycles. The van der Waals surface area contributed by atoms with Gasteiger partial charge >= 0.3 is 0 Å². The molecule has 0 aliphatic heterocycles. The first-order valence-electron chi connectivity index (χ1n) is 6.44. The minimum Gasteiger partial charge on any atom is -0.364 e. The lowest BCUT2D eigenvalue weighted by Crippen LogP contribution is -2.04. The van der Waals surface area contributed by atoms with Crippen LogP contribution in [0.15, 0.2) is 53.1 Å². The Bertz CT molecular complexity index is 756. The van der Waals surface area contributed by atoms with Crippen LogP contribution in [-0.4, -0.2) is 9.97 Å². The van der Waals surface area contributed by atoms with Gasteiger partial charge in [-0.25, -0.2) is 4.98 Å². The number of aryl methyl sites for hydroxylation is 1. The van der Waals surface area contributed by atoms with Gasteiger partial charge in [0.05, 0.1) is 17.8 Å². The Labute approximate surface area is 126 Å². The molecule has 0 amide bonds. The van der Waals surface area contributed by atoms with Gasteiger partial charge in [-0.2, -0.15) is 0 Å². The molecule has 1 N–H and O–H groups in total. The molecule has 0 saturated heterocycles. The fourth-order valence-corrected chi connectivity index (χ4v) is 2.56. The number of nitrogens with one attached hydrogen (secondary N) is 1. The van der Waals surface area contributed by atoms with E-state index in [1.807, 2.05) is 30.5 Å². The second kappa shape index (κ2) is 5.59. The Morgan fingerprint density at radius 3 is 2.85 bits per heavy atom. The third kappa shape index (κ3) is 2.65. The lowest BCUT2D eigenvalue weighted by Gasteiger charge is -2.08. The van der Waals surface area contributed by atoms with Gasteiger partial charge in [-0.1, -0.05) is 18.2 Å². The van der Waals surface area contributed by atoms with Crippen LogP contribution in [0.3, 0.4) is 0 Å². The van der Waals surface area contributed by atoms with E-state index in [1.54, 1.807) is 0 Å². The molecule has 4 heteroatoms. The highest BCUT2D eigenvalue weighted by Crippen LogP contribution is 2.23. The van der Waals surface area contributed by atoms with Crippen molar-refractivity contribution in [3.05, 3.63) is 64.4 Å². The summed E-state index contributed by atoms with van der Waals surface area (Å²) in [7, 11) is 0. The SMILES string of the molecule is Cc1cccnc1CNc1ccc2cccc(Br)c2n1. The van der Waals surface area contributed by atoms with Gasteiger partial charge in [-0.3, -0.25) is 4.98 Å². The Hall–Kier alpha value is -1.94. The molecule has 0 radical (unpaired) electrons. The number of fused-ring (bicyclic) bond motifs is 1. The Kier molecular flexibility index (Phi) is 3.65. The van der Waals surface area contributed by atoms with Crippen molar-refractivity contribution in [2.75, 3.05) is 5.32 Å². The number of benzene rings is 1. The van der Waals surface area contributed by atoms with Crippen molar-refractivity contribution in [1.82, 2.24) is 9.97 Å². The van der Waals surface area contributed by atoms with Gasteiger partial charge in [0.25, 0.3) is 0 Å².